The molecule has 2 amide bonds. The lowest BCUT2D eigenvalue weighted by atomic mass is 10.1. The van der Waals surface area contributed by atoms with Crippen LogP contribution in [0.3, 0.4) is 0 Å². The number of hydrogen-bond donors (Lipinski definition) is 3. The van der Waals surface area contributed by atoms with E-state index in [0.29, 0.717) is 17.1 Å². The molecule has 0 aliphatic rings. The molecule has 1 atom stereocenters. The number of amides is 2. The van der Waals surface area contributed by atoms with Gasteiger partial charge in [-0.2, -0.15) is 0 Å². The number of nitrogens with one attached hydrogen (secondary N) is 2. The lowest BCUT2D eigenvalue weighted by Crippen LogP contribution is -2.47. The third-order valence-electron chi connectivity index (χ3n) is 3.69. The van der Waals surface area contributed by atoms with Crippen LogP contribution in [0.5, 0.6) is 0 Å². The van der Waals surface area contributed by atoms with Crippen molar-refractivity contribution in [3.05, 3.63) is 34.9 Å². The lowest BCUT2D eigenvalue weighted by molar-refractivity contribution is -0.138. The number of carboxylic acids is 1. The second-order valence-electron chi connectivity index (χ2n) is 5.82. The minimum atomic E-state index is -1.01. The van der Waals surface area contributed by atoms with Crippen LogP contribution in [-0.4, -0.2) is 35.5 Å². The molecular weight excluding hydrogens is 344 g/mol. The zero-order valence-electron chi connectivity index (χ0n) is 14.4. The predicted molar refractivity (Wildman–Crippen MR) is 96.5 cm³/mol. The molecule has 0 radical (unpaired) electrons. The SMILES string of the molecule is CCCCCNC(=O)[C@H](CCC(=O)O)NC(=O)Cc1ccccc1Cl. The molecule has 0 fully saturated rings. The van der Waals surface area contributed by atoms with E-state index < -0.39 is 12.0 Å². The van der Waals surface area contributed by atoms with Crippen molar-refractivity contribution >= 4 is 29.4 Å². The fourth-order valence-corrected chi connectivity index (χ4v) is 2.51. The molecule has 6 nitrogen and oxygen atoms in total. The van der Waals surface area contributed by atoms with Gasteiger partial charge in [-0.25, -0.2) is 0 Å². The van der Waals surface area contributed by atoms with Crippen molar-refractivity contribution in [1.29, 1.82) is 0 Å². The highest BCUT2D eigenvalue weighted by atomic mass is 35.5. The number of hydrogen-bond acceptors (Lipinski definition) is 3. The zero-order chi connectivity index (χ0) is 18.7. The van der Waals surface area contributed by atoms with Crippen molar-refractivity contribution in [2.45, 2.75) is 51.5 Å². The van der Waals surface area contributed by atoms with E-state index in [4.69, 9.17) is 16.7 Å². The molecule has 3 N–H and O–H groups in total. The van der Waals surface area contributed by atoms with Crippen molar-refractivity contribution < 1.29 is 19.5 Å². The molecule has 0 bridgehead atoms. The van der Waals surface area contributed by atoms with Crippen molar-refractivity contribution in [3.8, 4) is 0 Å². The van der Waals surface area contributed by atoms with Gasteiger partial charge >= 0.3 is 5.97 Å². The molecule has 0 aliphatic carbocycles. The highest BCUT2D eigenvalue weighted by molar-refractivity contribution is 6.31. The van der Waals surface area contributed by atoms with Gasteiger partial charge in [0.05, 0.1) is 6.42 Å². The molecule has 0 aromatic heterocycles. The lowest BCUT2D eigenvalue weighted by Gasteiger charge is -2.18. The van der Waals surface area contributed by atoms with Crippen LogP contribution >= 0.6 is 11.6 Å². The molecule has 0 spiro atoms. The van der Waals surface area contributed by atoms with E-state index in [0.717, 1.165) is 19.3 Å². The summed E-state index contributed by atoms with van der Waals surface area (Å²) >= 11 is 6.03. The second-order valence-corrected chi connectivity index (χ2v) is 6.23. The quantitative estimate of drug-likeness (QED) is 0.523. The summed E-state index contributed by atoms with van der Waals surface area (Å²) in [6, 6.07) is 6.10. The largest absolute Gasteiger partial charge is 0.481 e. The average molecular weight is 369 g/mol. The Hall–Kier alpha value is -2.08. The second kappa shape index (κ2) is 11.5. The standard InChI is InChI=1S/C18H25ClN2O4/c1-2-3-6-11-20-18(25)15(9-10-17(23)24)21-16(22)12-13-7-4-5-8-14(13)19/h4-5,7-8,15H,2-3,6,9-12H2,1H3,(H,20,25)(H,21,22)(H,23,24)/t15-/m0/s1. The number of aliphatic carboxylic acids is 1. The maximum Gasteiger partial charge on any atom is 0.303 e. The summed E-state index contributed by atoms with van der Waals surface area (Å²) in [5.41, 5.74) is 0.655. The Bertz CT molecular complexity index is 592. The number of rotatable bonds is 11. The van der Waals surface area contributed by atoms with Crippen LogP contribution in [0.2, 0.25) is 5.02 Å². The van der Waals surface area contributed by atoms with Crippen LogP contribution in [0.4, 0.5) is 0 Å². The molecule has 0 heterocycles. The number of halogens is 1. The molecule has 0 saturated carbocycles. The van der Waals surface area contributed by atoms with E-state index >= 15 is 0 Å². The normalized spacial score (nSPS) is 11.6. The van der Waals surface area contributed by atoms with E-state index in [1.54, 1.807) is 24.3 Å². The molecular formula is C18H25ClN2O4. The van der Waals surface area contributed by atoms with Crippen molar-refractivity contribution in [2.24, 2.45) is 0 Å². The average Bonchev–Trinajstić information content (AvgIpc) is 2.57. The third-order valence-corrected chi connectivity index (χ3v) is 4.06. The third kappa shape index (κ3) is 8.54. The Kier molecular flexibility index (Phi) is 9.62. The number of carbonyl (C=O) groups is 3. The molecule has 1 aromatic rings. The molecule has 1 rings (SSSR count). The Morgan fingerprint density at radius 1 is 1.20 bits per heavy atom. The minimum absolute atomic E-state index is 0.0341. The highest BCUT2D eigenvalue weighted by Crippen LogP contribution is 2.15. The van der Waals surface area contributed by atoms with Crippen LogP contribution in [-0.2, 0) is 20.8 Å². The molecule has 1 aromatic carbocycles. The predicted octanol–water partition coefficient (Wildman–Crippen LogP) is 2.54. The van der Waals surface area contributed by atoms with E-state index in [2.05, 4.69) is 17.6 Å². The van der Waals surface area contributed by atoms with Gasteiger partial charge in [-0.05, 0) is 24.5 Å². The summed E-state index contributed by atoms with van der Waals surface area (Å²) < 4.78 is 0. The van der Waals surface area contributed by atoms with Crippen LogP contribution in [0.25, 0.3) is 0 Å². The number of carbonyl (C=O) groups excluding carboxylic acids is 2. The van der Waals surface area contributed by atoms with Gasteiger partial charge in [-0.1, -0.05) is 49.6 Å². The van der Waals surface area contributed by atoms with Crippen LogP contribution < -0.4 is 10.6 Å². The zero-order valence-corrected chi connectivity index (χ0v) is 15.1. The fraction of sp³-hybridized carbons (Fsp3) is 0.500. The topological polar surface area (TPSA) is 95.5 Å². The fourth-order valence-electron chi connectivity index (χ4n) is 2.31. The first-order valence-electron chi connectivity index (χ1n) is 8.46. The maximum absolute atomic E-state index is 12.2. The van der Waals surface area contributed by atoms with E-state index in [1.807, 2.05) is 0 Å². The van der Waals surface area contributed by atoms with Gasteiger partial charge in [0.1, 0.15) is 6.04 Å². The maximum atomic E-state index is 12.2. The number of carboxylic acid groups (broad SMARTS) is 1. The van der Waals surface area contributed by atoms with Crippen LogP contribution in [0.15, 0.2) is 24.3 Å². The first-order valence-corrected chi connectivity index (χ1v) is 8.84. The van der Waals surface area contributed by atoms with Gasteiger partial charge in [0.25, 0.3) is 0 Å². The first kappa shape index (κ1) is 21.0. The van der Waals surface area contributed by atoms with Gasteiger partial charge < -0.3 is 15.7 Å². The van der Waals surface area contributed by atoms with Gasteiger partial charge in [-0.15, -0.1) is 0 Å². The van der Waals surface area contributed by atoms with Crippen LogP contribution in [0, 0.1) is 0 Å². The molecule has 0 unspecified atom stereocenters. The van der Waals surface area contributed by atoms with Crippen molar-refractivity contribution in [3.63, 3.8) is 0 Å². The summed E-state index contributed by atoms with van der Waals surface area (Å²) in [4.78, 5) is 35.2. The van der Waals surface area contributed by atoms with Gasteiger partial charge in [0, 0.05) is 18.0 Å². The minimum Gasteiger partial charge on any atom is -0.481 e. The van der Waals surface area contributed by atoms with Crippen molar-refractivity contribution in [2.75, 3.05) is 6.54 Å². The van der Waals surface area contributed by atoms with Gasteiger partial charge in [0.2, 0.25) is 11.8 Å². The molecule has 138 valence electrons. The van der Waals surface area contributed by atoms with Gasteiger partial charge in [-0.3, -0.25) is 14.4 Å². The van der Waals surface area contributed by atoms with E-state index in [9.17, 15) is 14.4 Å². The van der Waals surface area contributed by atoms with E-state index in [1.165, 1.54) is 0 Å². The summed E-state index contributed by atoms with van der Waals surface area (Å²) in [5.74, 6) is -1.74. The number of benzene rings is 1. The summed E-state index contributed by atoms with van der Waals surface area (Å²) in [6.45, 7) is 2.57. The molecule has 0 saturated heterocycles. The monoisotopic (exact) mass is 368 g/mol. The molecule has 0 aliphatic heterocycles. The highest BCUT2D eigenvalue weighted by Gasteiger charge is 2.21. The Morgan fingerprint density at radius 2 is 1.92 bits per heavy atom. The summed E-state index contributed by atoms with van der Waals surface area (Å²) in [6.07, 6.45) is 2.77. The Morgan fingerprint density at radius 3 is 2.56 bits per heavy atom. The Labute approximate surface area is 152 Å². The summed E-state index contributed by atoms with van der Waals surface area (Å²) in [5, 5.41) is 14.7. The van der Waals surface area contributed by atoms with Gasteiger partial charge in [0.15, 0.2) is 0 Å². The smallest absolute Gasteiger partial charge is 0.303 e. The Balaban J connectivity index is 2.61. The van der Waals surface area contributed by atoms with Crippen molar-refractivity contribution in [1.82, 2.24) is 10.6 Å². The number of unbranched alkanes of at least 4 members (excludes halogenated alkanes) is 2. The van der Waals surface area contributed by atoms with E-state index in [-0.39, 0.29) is 31.1 Å². The first-order chi connectivity index (χ1) is 11.9. The summed E-state index contributed by atoms with van der Waals surface area (Å²) in [7, 11) is 0. The van der Waals surface area contributed by atoms with Crippen LogP contribution in [0.1, 0.15) is 44.6 Å². The molecule has 7 heteroatoms. The molecule has 25 heavy (non-hydrogen) atoms.